The largest absolute Gasteiger partial charge is 0.480 e. The van der Waals surface area contributed by atoms with Crippen molar-refractivity contribution in [1.82, 2.24) is 15.5 Å². The van der Waals surface area contributed by atoms with Crippen molar-refractivity contribution in [3.63, 3.8) is 0 Å². The lowest BCUT2D eigenvalue weighted by Gasteiger charge is -2.39. The third-order valence-corrected chi connectivity index (χ3v) is 4.09. The summed E-state index contributed by atoms with van der Waals surface area (Å²) in [5.74, 6) is -1.43. The standard InChI is InChI=1S/C13H21N3O4/c1-13(5-3-2-4-6-13)15-12(20)16-8-10(17)14-7-9(16)11(18)19/h9H,2-8H2,1H3,(H,14,17)(H,15,20)(H,18,19). The number of amides is 3. The predicted molar refractivity (Wildman–Crippen MR) is 71.2 cm³/mol. The van der Waals surface area contributed by atoms with Crippen LogP contribution in [0.2, 0.25) is 0 Å². The Morgan fingerprint density at radius 1 is 1.35 bits per heavy atom. The van der Waals surface area contributed by atoms with Crippen LogP contribution in [0.15, 0.2) is 0 Å². The number of nitrogens with one attached hydrogen (secondary N) is 2. The van der Waals surface area contributed by atoms with Crippen LogP contribution in [-0.4, -0.2) is 52.6 Å². The maximum atomic E-state index is 12.3. The Morgan fingerprint density at radius 2 is 2.00 bits per heavy atom. The lowest BCUT2D eigenvalue weighted by molar-refractivity contribution is -0.144. The highest BCUT2D eigenvalue weighted by Gasteiger charge is 2.38. The van der Waals surface area contributed by atoms with Crippen molar-refractivity contribution < 1.29 is 19.5 Å². The molecule has 0 aromatic rings. The van der Waals surface area contributed by atoms with Gasteiger partial charge in [0.1, 0.15) is 12.6 Å². The maximum Gasteiger partial charge on any atom is 0.328 e. The molecule has 0 radical (unpaired) electrons. The first-order valence-corrected chi connectivity index (χ1v) is 7.00. The molecule has 1 aliphatic heterocycles. The number of piperazine rings is 1. The number of hydrogen-bond donors (Lipinski definition) is 3. The van der Waals surface area contributed by atoms with Gasteiger partial charge in [0, 0.05) is 12.1 Å². The van der Waals surface area contributed by atoms with E-state index in [1.54, 1.807) is 0 Å². The second-order valence-corrected chi connectivity index (χ2v) is 5.84. The number of carbonyl (C=O) groups is 3. The number of urea groups is 1. The zero-order chi connectivity index (χ0) is 14.8. The molecule has 1 unspecified atom stereocenters. The molecule has 0 spiro atoms. The molecule has 0 bridgehead atoms. The van der Waals surface area contributed by atoms with E-state index in [4.69, 9.17) is 5.11 Å². The summed E-state index contributed by atoms with van der Waals surface area (Å²) < 4.78 is 0. The van der Waals surface area contributed by atoms with E-state index in [2.05, 4.69) is 10.6 Å². The molecule has 2 aliphatic rings. The van der Waals surface area contributed by atoms with Gasteiger partial charge in [-0.1, -0.05) is 19.3 Å². The molecular weight excluding hydrogens is 262 g/mol. The summed E-state index contributed by atoms with van der Waals surface area (Å²) in [6.07, 6.45) is 5.04. The first kappa shape index (κ1) is 14.6. The third kappa shape index (κ3) is 3.20. The van der Waals surface area contributed by atoms with E-state index in [-0.39, 0.29) is 24.5 Å². The number of hydrogen-bond acceptors (Lipinski definition) is 3. The predicted octanol–water partition coefficient (Wildman–Crippen LogP) is 0.304. The zero-order valence-electron chi connectivity index (χ0n) is 11.6. The van der Waals surface area contributed by atoms with Crippen molar-refractivity contribution in [2.45, 2.75) is 50.6 Å². The minimum Gasteiger partial charge on any atom is -0.480 e. The van der Waals surface area contributed by atoms with E-state index in [1.165, 1.54) is 0 Å². The smallest absolute Gasteiger partial charge is 0.328 e. The van der Waals surface area contributed by atoms with E-state index < -0.39 is 18.0 Å². The van der Waals surface area contributed by atoms with Gasteiger partial charge in [-0.15, -0.1) is 0 Å². The van der Waals surface area contributed by atoms with Gasteiger partial charge in [0.15, 0.2) is 0 Å². The van der Waals surface area contributed by atoms with Gasteiger partial charge in [0.2, 0.25) is 5.91 Å². The number of carboxylic acids is 1. The highest BCUT2D eigenvalue weighted by Crippen LogP contribution is 2.27. The van der Waals surface area contributed by atoms with E-state index in [9.17, 15) is 14.4 Å². The molecule has 2 fully saturated rings. The molecule has 7 heteroatoms. The molecular formula is C13H21N3O4. The Kier molecular flexibility index (Phi) is 4.15. The Balaban J connectivity index is 2.05. The molecule has 20 heavy (non-hydrogen) atoms. The number of carboxylic acid groups (broad SMARTS) is 1. The van der Waals surface area contributed by atoms with Gasteiger partial charge in [0.25, 0.3) is 0 Å². The van der Waals surface area contributed by atoms with Gasteiger partial charge in [-0.2, -0.15) is 0 Å². The molecule has 1 atom stereocenters. The molecule has 7 nitrogen and oxygen atoms in total. The second kappa shape index (κ2) is 5.68. The van der Waals surface area contributed by atoms with Crippen LogP contribution in [0.3, 0.4) is 0 Å². The Morgan fingerprint density at radius 3 is 2.60 bits per heavy atom. The van der Waals surface area contributed by atoms with Crippen molar-refractivity contribution in [3.8, 4) is 0 Å². The summed E-state index contributed by atoms with van der Waals surface area (Å²) in [5, 5.41) is 14.5. The first-order valence-electron chi connectivity index (χ1n) is 7.00. The Bertz CT molecular complexity index is 418. The normalized spacial score (nSPS) is 25.8. The van der Waals surface area contributed by atoms with Crippen molar-refractivity contribution in [2.24, 2.45) is 0 Å². The van der Waals surface area contributed by atoms with Gasteiger partial charge in [0.05, 0.1) is 0 Å². The minimum atomic E-state index is -1.10. The lowest BCUT2D eigenvalue weighted by atomic mass is 9.83. The van der Waals surface area contributed by atoms with E-state index >= 15 is 0 Å². The van der Waals surface area contributed by atoms with Crippen LogP contribution >= 0.6 is 0 Å². The van der Waals surface area contributed by atoms with E-state index in [1.807, 2.05) is 6.92 Å². The van der Waals surface area contributed by atoms with Crippen LogP contribution in [0.5, 0.6) is 0 Å². The van der Waals surface area contributed by atoms with Gasteiger partial charge >= 0.3 is 12.0 Å². The molecule has 1 saturated heterocycles. The zero-order valence-corrected chi connectivity index (χ0v) is 11.6. The van der Waals surface area contributed by atoms with Gasteiger partial charge in [-0.05, 0) is 19.8 Å². The fourth-order valence-corrected chi connectivity index (χ4v) is 2.86. The molecule has 0 aromatic heterocycles. The fourth-order valence-electron chi connectivity index (χ4n) is 2.86. The molecule has 1 saturated carbocycles. The van der Waals surface area contributed by atoms with Crippen molar-refractivity contribution >= 4 is 17.9 Å². The van der Waals surface area contributed by atoms with Crippen LogP contribution in [0, 0.1) is 0 Å². The highest BCUT2D eigenvalue weighted by molar-refractivity contribution is 5.90. The molecule has 1 aliphatic carbocycles. The summed E-state index contributed by atoms with van der Waals surface area (Å²) >= 11 is 0. The SMILES string of the molecule is CC1(NC(=O)N2CC(=O)NCC2C(=O)O)CCCCC1. The topological polar surface area (TPSA) is 98.7 Å². The summed E-state index contributed by atoms with van der Waals surface area (Å²) in [6, 6.07) is -1.46. The molecule has 3 amide bonds. The van der Waals surface area contributed by atoms with Gasteiger partial charge < -0.3 is 15.7 Å². The lowest BCUT2D eigenvalue weighted by Crippen LogP contribution is -2.63. The summed E-state index contributed by atoms with van der Waals surface area (Å²) in [4.78, 5) is 36.0. The quantitative estimate of drug-likeness (QED) is 0.679. The molecule has 0 aromatic carbocycles. The first-order chi connectivity index (χ1) is 9.41. The minimum absolute atomic E-state index is 0.0434. The van der Waals surface area contributed by atoms with Crippen LogP contribution in [0.4, 0.5) is 4.79 Å². The number of rotatable bonds is 2. The molecule has 2 rings (SSSR count). The molecule has 1 heterocycles. The van der Waals surface area contributed by atoms with E-state index in [0.29, 0.717) is 0 Å². The Hall–Kier alpha value is -1.79. The van der Waals surface area contributed by atoms with Crippen LogP contribution < -0.4 is 10.6 Å². The monoisotopic (exact) mass is 283 g/mol. The van der Waals surface area contributed by atoms with Gasteiger partial charge in [-0.25, -0.2) is 9.59 Å². The molecule has 3 N–H and O–H groups in total. The summed E-state index contributed by atoms with van der Waals surface area (Å²) in [7, 11) is 0. The van der Waals surface area contributed by atoms with Crippen molar-refractivity contribution in [3.05, 3.63) is 0 Å². The maximum absolute atomic E-state index is 12.3. The fraction of sp³-hybridized carbons (Fsp3) is 0.769. The van der Waals surface area contributed by atoms with Crippen LogP contribution in [-0.2, 0) is 9.59 Å². The van der Waals surface area contributed by atoms with Crippen LogP contribution in [0.1, 0.15) is 39.0 Å². The third-order valence-electron chi connectivity index (χ3n) is 4.09. The summed E-state index contributed by atoms with van der Waals surface area (Å²) in [6.45, 7) is 1.72. The Labute approximate surface area is 117 Å². The average Bonchev–Trinajstić information content (AvgIpc) is 2.38. The van der Waals surface area contributed by atoms with Crippen molar-refractivity contribution in [2.75, 3.05) is 13.1 Å². The highest BCUT2D eigenvalue weighted by atomic mass is 16.4. The number of aliphatic carboxylic acids is 1. The summed E-state index contributed by atoms with van der Waals surface area (Å²) in [5.41, 5.74) is -0.299. The second-order valence-electron chi connectivity index (χ2n) is 5.84. The number of carbonyl (C=O) groups excluding carboxylic acids is 2. The van der Waals surface area contributed by atoms with Gasteiger partial charge in [-0.3, -0.25) is 9.69 Å². The molecule has 112 valence electrons. The van der Waals surface area contributed by atoms with Crippen molar-refractivity contribution in [1.29, 1.82) is 0 Å². The average molecular weight is 283 g/mol. The van der Waals surface area contributed by atoms with E-state index in [0.717, 1.165) is 37.0 Å². The number of nitrogens with zero attached hydrogens (tertiary/aromatic N) is 1. The van der Waals surface area contributed by atoms with Crippen LogP contribution in [0.25, 0.3) is 0 Å².